The Hall–Kier alpha value is -7.43. The van der Waals surface area contributed by atoms with Crippen LogP contribution in [0.3, 0.4) is 0 Å². The second-order valence-electron chi connectivity index (χ2n) is 19.1. The maximum absolute atomic E-state index is 6.85. The molecule has 0 aliphatic heterocycles. The lowest BCUT2D eigenvalue weighted by Crippen LogP contribution is -2.48. The van der Waals surface area contributed by atoms with Crippen LogP contribution in [0.1, 0.15) is 44.1 Å². The van der Waals surface area contributed by atoms with Crippen molar-refractivity contribution in [3.63, 3.8) is 0 Å². The van der Waals surface area contributed by atoms with Gasteiger partial charge in [-0.2, -0.15) is 0 Å². The number of benzene rings is 8. The number of hydrogen-bond acceptors (Lipinski definition) is 4. The highest BCUT2D eigenvalue weighted by Gasteiger charge is 2.51. The minimum Gasteiger partial charge on any atom is -0.455 e. The van der Waals surface area contributed by atoms with Gasteiger partial charge in [0.15, 0.2) is 17.5 Å². The van der Waals surface area contributed by atoms with Gasteiger partial charge in [-0.1, -0.05) is 152 Å². The zero-order chi connectivity index (χ0) is 42.9. The molecule has 2 aromatic heterocycles. The van der Waals surface area contributed by atoms with Gasteiger partial charge in [0.05, 0.1) is 5.56 Å². The summed E-state index contributed by atoms with van der Waals surface area (Å²) >= 11 is 0. The van der Waals surface area contributed by atoms with E-state index in [4.69, 9.17) is 19.4 Å². The number of rotatable bonds is 8. The Bertz CT molecular complexity index is 3340. The Balaban J connectivity index is 0.994. The molecule has 0 radical (unpaired) electrons. The van der Waals surface area contributed by atoms with Gasteiger partial charge in [0.25, 0.3) is 0 Å². The molecule has 0 spiro atoms. The molecule has 0 unspecified atom stereocenters. The van der Waals surface area contributed by atoms with Crippen LogP contribution in [-0.4, -0.2) is 15.0 Å². The van der Waals surface area contributed by atoms with E-state index in [-0.39, 0.29) is 0 Å². The molecule has 2 heterocycles. The Morgan fingerprint density at radius 1 is 0.354 bits per heavy atom. The minimum atomic E-state index is 0.354. The molecule has 4 saturated carbocycles. The fraction of sp³-hybridized carbons (Fsp3) is 0.164. The number of fused-ring (bicyclic) bond motifs is 3. The summed E-state index contributed by atoms with van der Waals surface area (Å²) in [7, 11) is 0. The van der Waals surface area contributed by atoms with E-state index in [1.807, 2.05) is 18.2 Å². The zero-order valence-electron chi connectivity index (χ0n) is 36.2. The molecule has 4 aliphatic rings. The molecule has 8 aromatic carbocycles. The van der Waals surface area contributed by atoms with Crippen LogP contribution in [0.2, 0.25) is 0 Å². The van der Waals surface area contributed by atoms with Gasteiger partial charge < -0.3 is 4.42 Å². The van der Waals surface area contributed by atoms with E-state index in [0.717, 1.165) is 95.3 Å². The van der Waals surface area contributed by atoms with E-state index < -0.39 is 0 Å². The summed E-state index contributed by atoms with van der Waals surface area (Å²) in [6, 6.07) is 69.3. The van der Waals surface area contributed by atoms with Crippen LogP contribution in [0, 0.1) is 17.8 Å². The minimum absolute atomic E-state index is 0.354. The smallest absolute Gasteiger partial charge is 0.167 e. The van der Waals surface area contributed by atoms with E-state index in [9.17, 15) is 0 Å². The van der Waals surface area contributed by atoms with Crippen molar-refractivity contribution in [1.82, 2.24) is 15.0 Å². The first kappa shape index (κ1) is 38.1. The largest absolute Gasteiger partial charge is 0.455 e. The van der Waals surface area contributed by atoms with Crippen molar-refractivity contribution in [3.8, 4) is 78.7 Å². The summed E-state index contributed by atoms with van der Waals surface area (Å²) < 4.78 is 6.85. The second-order valence-corrected chi connectivity index (χ2v) is 19.1. The van der Waals surface area contributed by atoms with E-state index in [2.05, 4.69) is 176 Å². The van der Waals surface area contributed by atoms with Gasteiger partial charge >= 0.3 is 0 Å². The number of furan rings is 1. The van der Waals surface area contributed by atoms with Crippen LogP contribution in [-0.2, 0) is 5.41 Å². The molecule has 312 valence electrons. The Morgan fingerprint density at radius 2 is 0.785 bits per heavy atom. The van der Waals surface area contributed by atoms with Gasteiger partial charge in [-0.05, 0) is 154 Å². The van der Waals surface area contributed by atoms with Gasteiger partial charge in [0, 0.05) is 21.9 Å². The predicted molar refractivity (Wildman–Crippen MR) is 265 cm³/mol. The third kappa shape index (κ3) is 6.87. The van der Waals surface area contributed by atoms with Crippen LogP contribution in [0.4, 0.5) is 0 Å². The first-order valence-electron chi connectivity index (χ1n) is 23.3. The molecule has 4 fully saturated rings. The molecule has 0 amide bonds. The lowest BCUT2D eigenvalue weighted by molar-refractivity contribution is -0.00518. The van der Waals surface area contributed by atoms with Crippen molar-refractivity contribution in [2.75, 3.05) is 0 Å². The molecule has 4 nitrogen and oxygen atoms in total. The van der Waals surface area contributed by atoms with Gasteiger partial charge in [-0.3, -0.25) is 0 Å². The topological polar surface area (TPSA) is 51.8 Å². The highest BCUT2D eigenvalue weighted by atomic mass is 16.3. The zero-order valence-corrected chi connectivity index (χ0v) is 36.2. The first-order valence-corrected chi connectivity index (χ1v) is 23.3. The lowest BCUT2D eigenvalue weighted by Gasteiger charge is -2.57. The summed E-state index contributed by atoms with van der Waals surface area (Å²) in [6.07, 6.45) is 8.44. The van der Waals surface area contributed by atoms with Gasteiger partial charge in [-0.25, -0.2) is 15.0 Å². The van der Waals surface area contributed by atoms with E-state index in [0.29, 0.717) is 22.9 Å². The van der Waals surface area contributed by atoms with E-state index in [1.54, 1.807) is 5.56 Å². The van der Waals surface area contributed by atoms with Crippen LogP contribution in [0.25, 0.3) is 101 Å². The fourth-order valence-electron chi connectivity index (χ4n) is 12.2. The summed E-state index contributed by atoms with van der Waals surface area (Å²) in [5.41, 5.74) is 15.2. The van der Waals surface area contributed by atoms with Crippen LogP contribution >= 0.6 is 0 Å². The maximum atomic E-state index is 6.85. The Morgan fingerprint density at radius 3 is 1.35 bits per heavy atom. The molecule has 65 heavy (non-hydrogen) atoms. The van der Waals surface area contributed by atoms with Gasteiger partial charge in [0.2, 0.25) is 0 Å². The van der Waals surface area contributed by atoms with Crippen molar-refractivity contribution in [3.05, 3.63) is 200 Å². The normalized spacial score (nSPS) is 19.8. The molecule has 0 saturated heterocycles. The monoisotopic (exact) mass is 837 g/mol. The second kappa shape index (κ2) is 15.4. The summed E-state index contributed by atoms with van der Waals surface area (Å²) in [6.45, 7) is 0. The predicted octanol–water partition coefficient (Wildman–Crippen LogP) is 15.9. The molecule has 14 rings (SSSR count). The number of aromatic nitrogens is 3. The molecule has 0 atom stereocenters. The average molecular weight is 838 g/mol. The number of hydrogen-bond donors (Lipinski definition) is 0. The standard InChI is InChI=1S/C61H47N3O/c1-5-13-42(14-6-1)47-23-26-56-53(33-47)54-34-50(44-17-9-3-10-18-44)35-55(57(54)65-56)60-63-58(46-19-11-4-12-20-46)62-59(64-60)51-31-48(43-15-7-2-8-16-43)30-49(32-51)45-21-24-52(25-22-45)61-36-39-27-40(37-61)29-41(28-39)38-61/h1-26,30-35,39-41H,27-29,36-38H2. The molecular formula is C61H47N3O. The van der Waals surface area contributed by atoms with Crippen LogP contribution in [0.15, 0.2) is 199 Å². The van der Waals surface area contributed by atoms with Crippen molar-refractivity contribution < 1.29 is 4.42 Å². The Kier molecular flexibility index (Phi) is 9.01. The van der Waals surface area contributed by atoms with E-state index >= 15 is 0 Å². The summed E-state index contributed by atoms with van der Waals surface area (Å²) in [4.78, 5) is 16.0. The molecule has 4 aliphatic carbocycles. The van der Waals surface area contributed by atoms with Crippen molar-refractivity contribution in [2.24, 2.45) is 17.8 Å². The van der Waals surface area contributed by atoms with Crippen molar-refractivity contribution in [2.45, 2.75) is 43.9 Å². The summed E-state index contributed by atoms with van der Waals surface area (Å²) in [5.74, 6) is 4.51. The highest BCUT2D eigenvalue weighted by Crippen LogP contribution is 2.61. The quantitative estimate of drug-likeness (QED) is 0.153. The molecule has 4 bridgehead atoms. The van der Waals surface area contributed by atoms with Crippen LogP contribution in [0.5, 0.6) is 0 Å². The van der Waals surface area contributed by atoms with Crippen molar-refractivity contribution in [1.29, 1.82) is 0 Å². The third-order valence-electron chi connectivity index (χ3n) is 14.9. The average Bonchev–Trinajstić information content (AvgIpc) is 3.74. The molecule has 10 aromatic rings. The number of nitrogens with zero attached hydrogens (tertiary/aromatic N) is 3. The molecule has 0 N–H and O–H groups in total. The molecular weight excluding hydrogens is 791 g/mol. The SMILES string of the molecule is c1ccc(-c2cc(-c3ccc(C45CC6CC(CC(C6)C4)C5)cc3)cc(-c3nc(-c4ccccc4)nc(-c4cc(-c5ccccc5)cc5c4oc4ccc(-c6ccccc6)cc45)n3)c2)cc1. The fourth-order valence-corrected chi connectivity index (χ4v) is 12.2. The lowest BCUT2D eigenvalue weighted by atomic mass is 9.48. The Labute approximate surface area is 379 Å². The van der Waals surface area contributed by atoms with Gasteiger partial charge in [0.1, 0.15) is 11.2 Å². The van der Waals surface area contributed by atoms with Gasteiger partial charge in [-0.15, -0.1) is 0 Å². The third-order valence-corrected chi connectivity index (χ3v) is 14.9. The van der Waals surface area contributed by atoms with Crippen LogP contribution < -0.4 is 0 Å². The van der Waals surface area contributed by atoms with Crippen molar-refractivity contribution >= 4 is 21.9 Å². The maximum Gasteiger partial charge on any atom is 0.167 e. The highest BCUT2D eigenvalue weighted by molar-refractivity contribution is 6.12. The van der Waals surface area contributed by atoms with E-state index in [1.165, 1.54) is 44.1 Å². The molecule has 4 heteroatoms. The summed E-state index contributed by atoms with van der Waals surface area (Å²) in [5, 5.41) is 2.06. The first-order chi connectivity index (χ1) is 32.1.